The molecule has 0 aliphatic rings. The van der Waals surface area contributed by atoms with Gasteiger partial charge in [0.15, 0.2) is 5.78 Å². The Kier molecular flexibility index (Phi) is 4.98. The molecule has 0 aromatic heterocycles. The van der Waals surface area contributed by atoms with Gasteiger partial charge >= 0.3 is 0 Å². The number of carbonyl (C=O) groups is 1. The summed E-state index contributed by atoms with van der Waals surface area (Å²) in [5.41, 5.74) is 2.19. The molecule has 0 bridgehead atoms. The molecule has 0 amide bonds. The van der Waals surface area contributed by atoms with Crippen LogP contribution in [-0.2, 0) is 16.4 Å². The molecule has 0 radical (unpaired) electrons. The van der Waals surface area contributed by atoms with Gasteiger partial charge in [-0.25, -0.2) is 8.42 Å². The van der Waals surface area contributed by atoms with Gasteiger partial charge in [-0.05, 0) is 43.2 Å². The van der Waals surface area contributed by atoms with Crippen LogP contribution in [-0.4, -0.2) is 14.2 Å². The fourth-order valence-corrected chi connectivity index (χ4v) is 3.17. The molecule has 2 aromatic rings. The van der Waals surface area contributed by atoms with Crippen molar-refractivity contribution in [2.45, 2.75) is 31.6 Å². The summed E-state index contributed by atoms with van der Waals surface area (Å²) in [5.74, 6) is -0.0941. The maximum absolute atomic E-state index is 12.3. The summed E-state index contributed by atoms with van der Waals surface area (Å²) < 4.78 is 27.1. The maximum atomic E-state index is 12.3. The van der Waals surface area contributed by atoms with Crippen molar-refractivity contribution in [2.75, 3.05) is 4.72 Å². The quantitative estimate of drug-likeness (QED) is 0.827. The number of rotatable bonds is 6. The van der Waals surface area contributed by atoms with Gasteiger partial charge in [-0.3, -0.25) is 9.52 Å². The minimum atomic E-state index is -3.64. The van der Waals surface area contributed by atoms with Crippen molar-refractivity contribution in [1.82, 2.24) is 0 Å². The number of sulfonamides is 1. The lowest BCUT2D eigenvalue weighted by molar-refractivity contribution is 0.101. The highest BCUT2D eigenvalue weighted by Gasteiger charge is 2.14. The van der Waals surface area contributed by atoms with Crippen LogP contribution in [0.25, 0.3) is 0 Å². The van der Waals surface area contributed by atoms with E-state index in [-0.39, 0.29) is 10.7 Å². The van der Waals surface area contributed by atoms with Crippen LogP contribution in [0.3, 0.4) is 0 Å². The third-order valence-electron chi connectivity index (χ3n) is 3.32. The van der Waals surface area contributed by atoms with Gasteiger partial charge in [-0.1, -0.05) is 37.6 Å². The first-order chi connectivity index (χ1) is 10.4. The summed E-state index contributed by atoms with van der Waals surface area (Å²) in [4.78, 5) is 11.4. The minimum Gasteiger partial charge on any atom is -0.295 e. The van der Waals surface area contributed by atoms with E-state index in [1.807, 2.05) is 12.1 Å². The van der Waals surface area contributed by atoms with Crippen LogP contribution in [0, 0.1) is 0 Å². The van der Waals surface area contributed by atoms with Crippen LogP contribution < -0.4 is 4.72 Å². The van der Waals surface area contributed by atoms with Crippen LogP contribution in [0.1, 0.15) is 36.2 Å². The largest absolute Gasteiger partial charge is 0.295 e. The molecule has 0 saturated carbocycles. The number of hydrogen-bond donors (Lipinski definition) is 1. The summed E-state index contributed by atoms with van der Waals surface area (Å²) in [7, 11) is -3.64. The lowest BCUT2D eigenvalue weighted by Crippen LogP contribution is -2.13. The normalized spacial score (nSPS) is 11.2. The van der Waals surface area contributed by atoms with Crippen molar-refractivity contribution >= 4 is 21.5 Å². The molecule has 116 valence electrons. The standard InChI is InChI=1S/C17H19NO3S/c1-3-4-14-5-9-16(10-6-14)18-22(20,21)17-11-7-15(8-12-17)13(2)19/h5-12,18H,3-4H2,1-2H3. The summed E-state index contributed by atoms with van der Waals surface area (Å²) in [6.07, 6.45) is 2.02. The molecular weight excluding hydrogens is 298 g/mol. The predicted octanol–water partition coefficient (Wildman–Crippen LogP) is 3.64. The van der Waals surface area contributed by atoms with Gasteiger partial charge in [0.2, 0.25) is 0 Å². The van der Waals surface area contributed by atoms with Crippen molar-refractivity contribution in [3.8, 4) is 0 Å². The molecule has 0 heterocycles. The van der Waals surface area contributed by atoms with E-state index in [0.29, 0.717) is 11.3 Å². The van der Waals surface area contributed by atoms with Crippen LogP contribution in [0.4, 0.5) is 5.69 Å². The number of ketones is 1. The van der Waals surface area contributed by atoms with Crippen LogP contribution in [0.5, 0.6) is 0 Å². The van der Waals surface area contributed by atoms with Gasteiger partial charge in [-0.15, -0.1) is 0 Å². The number of anilines is 1. The average molecular weight is 317 g/mol. The number of hydrogen-bond acceptors (Lipinski definition) is 3. The first-order valence-corrected chi connectivity index (χ1v) is 8.63. The molecule has 22 heavy (non-hydrogen) atoms. The molecule has 1 N–H and O–H groups in total. The zero-order chi connectivity index (χ0) is 16.2. The molecule has 0 saturated heterocycles. The Balaban J connectivity index is 2.18. The van der Waals surface area contributed by atoms with Crippen molar-refractivity contribution in [3.05, 3.63) is 59.7 Å². The lowest BCUT2D eigenvalue weighted by atomic mass is 10.1. The molecule has 2 rings (SSSR count). The predicted molar refractivity (Wildman–Crippen MR) is 87.7 cm³/mol. The number of aryl methyl sites for hydroxylation is 1. The third kappa shape index (κ3) is 3.95. The first-order valence-electron chi connectivity index (χ1n) is 7.15. The van der Waals surface area contributed by atoms with E-state index in [1.165, 1.54) is 36.8 Å². The molecule has 4 nitrogen and oxygen atoms in total. The fraction of sp³-hybridized carbons (Fsp3) is 0.235. The Bertz CT molecular complexity index is 747. The molecular formula is C17H19NO3S. The third-order valence-corrected chi connectivity index (χ3v) is 4.71. The smallest absolute Gasteiger partial charge is 0.261 e. The minimum absolute atomic E-state index is 0.0941. The number of Topliss-reactive ketones (excluding diaryl/α,β-unsaturated/α-hetero) is 1. The molecule has 0 spiro atoms. The van der Waals surface area contributed by atoms with Crippen molar-refractivity contribution < 1.29 is 13.2 Å². The second-order valence-electron chi connectivity index (χ2n) is 5.13. The Morgan fingerprint density at radius 1 is 1.00 bits per heavy atom. The SMILES string of the molecule is CCCc1ccc(NS(=O)(=O)c2ccc(C(C)=O)cc2)cc1. The molecule has 0 atom stereocenters. The van der Waals surface area contributed by atoms with E-state index in [4.69, 9.17) is 0 Å². The van der Waals surface area contributed by atoms with Crippen LogP contribution in [0.15, 0.2) is 53.4 Å². The van der Waals surface area contributed by atoms with E-state index < -0.39 is 10.0 Å². The molecule has 2 aromatic carbocycles. The lowest BCUT2D eigenvalue weighted by Gasteiger charge is -2.09. The summed E-state index contributed by atoms with van der Waals surface area (Å²) in [5, 5.41) is 0. The zero-order valence-corrected chi connectivity index (χ0v) is 13.5. The topological polar surface area (TPSA) is 63.2 Å². The van der Waals surface area contributed by atoms with Gasteiger partial charge in [0.1, 0.15) is 0 Å². The Hall–Kier alpha value is -2.14. The van der Waals surface area contributed by atoms with Gasteiger partial charge in [-0.2, -0.15) is 0 Å². The van der Waals surface area contributed by atoms with E-state index in [0.717, 1.165) is 12.8 Å². The van der Waals surface area contributed by atoms with Gasteiger partial charge < -0.3 is 0 Å². The molecule has 0 aliphatic carbocycles. The fourth-order valence-electron chi connectivity index (χ4n) is 2.11. The van der Waals surface area contributed by atoms with Gasteiger partial charge in [0, 0.05) is 11.3 Å². The van der Waals surface area contributed by atoms with E-state index >= 15 is 0 Å². The highest BCUT2D eigenvalue weighted by atomic mass is 32.2. The summed E-state index contributed by atoms with van der Waals surface area (Å²) in [6.45, 7) is 3.54. The average Bonchev–Trinajstić information content (AvgIpc) is 2.49. The summed E-state index contributed by atoms with van der Waals surface area (Å²) >= 11 is 0. The van der Waals surface area contributed by atoms with E-state index in [1.54, 1.807) is 12.1 Å². The van der Waals surface area contributed by atoms with Crippen molar-refractivity contribution in [1.29, 1.82) is 0 Å². The van der Waals surface area contributed by atoms with Crippen LogP contribution in [0.2, 0.25) is 0 Å². The maximum Gasteiger partial charge on any atom is 0.261 e. The molecule has 0 aliphatic heterocycles. The van der Waals surface area contributed by atoms with Crippen LogP contribution >= 0.6 is 0 Å². The Morgan fingerprint density at radius 3 is 2.09 bits per heavy atom. The second kappa shape index (κ2) is 6.75. The monoisotopic (exact) mass is 317 g/mol. The second-order valence-corrected chi connectivity index (χ2v) is 6.82. The Morgan fingerprint density at radius 2 is 1.59 bits per heavy atom. The number of nitrogens with one attached hydrogen (secondary N) is 1. The molecule has 0 fully saturated rings. The number of benzene rings is 2. The molecule has 5 heteroatoms. The Labute approximate surface area is 131 Å². The van der Waals surface area contributed by atoms with Crippen molar-refractivity contribution in [3.63, 3.8) is 0 Å². The first kappa shape index (κ1) is 16.2. The zero-order valence-electron chi connectivity index (χ0n) is 12.7. The highest BCUT2D eigenvalue weighted by Crippen LogP contribution is 2.18. The summed E-state index contributed by atoms with van der Waals surface area (Å²) in [6, 6.07) is 13.2. The van der Waals surface area contributed by atoms with E-state index in [9.17, 15) is 13.2 Å². The van der Waals surface area contributed by atoms with Gasteiger partial charge in [0.05, 0.1) is 4.90 Å². The van der Waals surface area contributed by atoms with E-state index in [2.05, 4.69) is 11.6 Å². The highest BCUT2D eigenvalue weighted by molar-refractivity contribution is 7.92. The number of carbonyl (C=O) groups excluding carboxylic acids is 1. The van der Waals surface area contributed by atoms with Crippen molar-refractivity contribution in [2.24, 2.45) is 0 Å². The van der Waals surface area contributed by atoms with Gasteiger partial charge in [0.25, 0.3) is 10.0 Å². The molecule has 0 unspecified atom stereocenters.